The molecule has 1 heterocycles. The van der Waals surface area contributed by atoms with Gasteiger partial charge in [-0.3, -0.25) is 4.79 Å². The molecule has 158 valence electrons. The van der Waals surface area contributed by atoms with Crippen molar-refractivity contribution < 1.29 is 9.53 Å². The maximum absolute atomic E-state index is 12.5. The van der Waals surface area contributed by atoms with Gasteiger partial charge in [-0.15, -0.1) is 5.10 Å². The van der Waals surface area contributed by atoms with E-state index in [-0.39, 0.29) is 11.5 Å². The van der Waals surface area contributed by atoms with Crippen molar-refractivity contribution in [2.24, 2.45) is 0 Å². The van der Waals surface area contributed by atoms with Gasteiger partial charge >= 0.3 is 5.69 Å². The van der Waals surface area contributed by atoms with Crippen LogP contribution in [-0.2, 0) is 6.61 Å². The highest BCUT2D eigenvalue weighted by molar-refractivity contribution is 7.99. The molecule has 0 bridgehead atoms. The SMILES string of the molecule is N#Cc1ccc(C(=O)CSc2n[nH]c(=O)n2-c2ccc(OCc3ccccc3)cc2)cc1. The smallest absolute Gasteiger partial charge is 0.348 e. The second-order valence-electron chi connectivity index (χ2n) is 6.82. The van der Waals surface area contributed by atoms with Crippen molar-refractivity contribution >= 4 is 17.5 Å². The zero-order valence-corrected chi connectivity index (χ0v) is 17.7. The van der Waals surface area contributed by atoms with Crippen LogP contribution < -0.4 is 10.4 Å². The summed E-state index contributed by atoms with van der Waals surface area (Å²) in [6, 6.07) is 25.4. The minimum atomic E-state index is -0.392. The van der Waals surface area contributed by atoms with E-state index in [9.17, 15) is 9.59 Å². The minimum absolute atomic E-state index is 0.106. The van der Waals surface area contributed by atoms with E-state index in [0.29, 0.717) is 34.3 Å². The lowest BCUT2D eigenvalue weighted by Gasteiger charge is -2.09. The molecule has 0 aliphatic carbocycles. The number of Topliss-reactive ketones (excluding diaryl/α,β-unsaturated/α-hetero) is 1. The van der Waals surface area contributed by atoms with Crippen molar-refractivity contribution in [1.82, 2.24) is 14.8 Å². The number of nitrogens with zero attached hydrogens (tertiary/aromatic N) is 3. The summed E-state index contributed by atoms with van der Waals surface area (Å²) >= 11 is 1.16. The monoisotopic (exact) mass is 442 g/mol. The van der Waals surface area contributed by atoms with Crippen molar-refractivity contribution in [2.75, 3.05) is 5.75 Å². The van der Waals surface area contributed by atoms with E-state index in [1.165, 1.54) is 4.57 Å². The first-order chi connectivity index (χ1) is 15.6. The van der Waals surface area contributed by atoms with Crippen LogP contribution in [0.25, 0.3) is 5.69 Å². The average molecular weight is 443 g/mol. The molecule has 8 heteroatoms. The summed E-state index contributed by atoms with van der Waals surface area (Å²) in [6.45, 7) is 0.449. The number of hydrogen-bond donors (Lipinski definition) is 1. The molecule has 3 aromatic carbocycles. The van der Waals surface area contributed by atoms with Gasteiger partial charge in [0.25, 0.3) is 0 Å². The Kier molecular flexibility index (Phi) is 6.49. The van der Waals surface area contributed by atoms with Crippen LogP contribution in [0.4, 0.5) is 0 Å². The first-order valence-electron chi connectivity index (χ1n) is 9.75. The molecule has 0 aliphatic rings. The third-order valence-electron chi connectivity index (χ3n) is 4.65. The number of carbonyl (C=O) groups excluding carboxylic acids is 1. The number of thioether (sulfide) groups is 1. The molecule has 4 rings (SSSR count). The van der Waals surface area contributed by atoms with Gasteiger partial charge in [0, 0.05) is 5.56 Å². The summed E-state index contributed by atoms with van der Waals surface area (Å²) in [4.78, 5) is 24.8. The first-order valence-corrected chi connectivity index (χ1v) is 10.7. The van der Waals surface area contributed by atoms with Crippen LogP contribution in [-0.4, -0.2) is 26.3 Å². The molecule has 4 aromatic rings. The zero-order valence-electron chi connectivity index (χ0n) is 16.9. The molecule has 7 nitrogen and oxygen atoms in total. The lowest BCUT2D eigenvalue weighted by molar-refractivity contribution is 0.102. The number of carbonyl (C=O) groups is 1. The third-order valence-corrected chi connectivity index (χ3v) is 5.59. The minimum Gasteiger partial charge on any atom is -0.489 e. The van der Waals surface area contributed by atoms with Crippen molar-refractivity contribution in [1.29, 1.82) is 5.26 Å². The van der Waals surface area contributed by atoms with Crippen molar-refractivity contribution in [3.05, 3.63) is 106 Å². The number of nitrogens with one attached hydrogen (secondary N) is 1. The Morgan fingerprint density at radius 3 is 2.44 bits per heavy atom. The Morgan fingerprint density at radius 1 is 1.03 bits per heavy atom. The molecule has 0 saturated heterocycles. The number of ether oxygens (including phenoxy) is 1. The van der Waals surface area contributed by atoms with Crippen molar-refractivity contribution in [3.63, 3.8) is 0 Å². The fraction of sp³-hybridized carbons (Fsp3) is 0.0833. The molecule has 0 spiro atoms. The first kappa shape index (κ1) is 21.2. The number of ketones is 1. The number of nitriles is 1. The van der Waals surface area contributed by atoms with E-state index in [2.05, 4.69) is 10.2 Å². The van der Waals surface area contributed by atoms with Gasteiger partial charge in [-0.25, -0.2) is 14.5 Å². The predicted octanol–water partition coefficient (Wildman–Crippen LogP) is 3.99. The van der Waals surface area contributed by atoms with Crippen LogP contribution in [0.15, 0.2) is 88.8 Å². The lowest BCUT2D eigenvalue weighted by Crippen LogP contribution is -2.16. The van der Waals surface area contributed by atoms with Gasteiger partial charge in [-0.05, 0) is 42.0 Å². The summed E-state index contributed by atoms with van der Waals surface area (Å²) in [5, 5.41) is 15.7. The Bertz CT molecular complexity index is 1300. The molecule has 0 radical (unpaired) electrons. The number of aromatic nitrogens is 3. The number of H-pyrrole nitrogens is 1. The van der Waals surface area contributed by atoms with Gasteiger partial charge in [0.2, 0.25) is 0 Å². The fourth-order valence-corrected chi connectivity index (χ4v) is 3.84. The summed E-state index contributed by atoms with van der Waals surface area (Å²) in [5.41, 5.74) is 2.28. The fourth-order valence-electron chi connectivity index (χ4n) is 2.98. The highest BCUT2D eigenvalue weighted by Gasteiger charge is 2.14. The molecule has 0 aliphatic heterocycles. The highest BCUT2D eigenvalue weighted by atomic mass is 32.2. The van der Waals surface area contributed by atoms with Gasteiger partial charge in [-0.2, -0.15) is 5.26 Å². The molecule has 0 atom stereocenters. The largest absolute Gasteiger partial charge is 0.489 e. The quantitative estimate of drug-likeness (QED) is 0.327. The number of aromatic amines is 1. The van der Waals surface area contributed by atoms with Gasteiger partial charge in [-0.1, -0.05) is 54.2 Å². The van der Waals surface area contributed by atoms with Crippen LogP contribution >= 0.6 is 11.8 Å². The van der Waals surface area contributed by atoms with Crippen LogP contribution in [0.1, 0.15) is 21.5 Å². The molecular formula is C24H18N4O3S. The van der Waals surface area contributed by atoms with E-state index >= 15 is 0 Å². The molecule has 0 saturated carbocycles. The molecule has 0 fully saturated rings. The van der Waals surface area contributed by atoms with E-state index in [4.69, 9.17) is 10.00 Å². The molecule has 32 heavy (non-hydrogen) atoms. The van der Waals surface area contributed by atoms with Crippen LogP contribution in [0.3, 0.4) is 0 Å². The van der Waals surface area contributed by atoms with Gasteiger partial charge < -0.3 is 4.74 Å². The van der Waals surface area contributed by atoms with Crippen LogP contribution in [0, 0.1) is 11.3 Å². The Morgan fingerprint density at radius 2 is 1.75 bits per heavy atom. The Balaban J connectivity index is 1.43. The molecule has 1 N–H and O–H groups in total. The molecular weight excluding hydrogens is 424 g/mol. The van der Waals surface area contributed by atoms with Crippen LogP contribution in [0.5, 0.6) is 5.75 Å². The molecule has 0 unspecified atom stereocenters. The van der Waals surface area contributed by atoms with Crippen LogP contribution in [0.2, 0.25) is 0 Å². The van der Waals surface area contributed by atoms with Gasteiger partial charge in [0.15, 0.2) is 10.9 Å². The zero-order chi connectivity index (χ0) is 22.3. The maximum atomic E-state index is 12.5. The average Bonchev–Trinajstić information content (AvgIpc) is 3.22. The standard InChI is InChI=1S/C24H18N4O3S/c25-14-17-6-8-19(9-7-17)22(29)16-32-24-27-26-23(30)28(24)20-10-12-21(13-11-20)31-15-18-4-2-1-3-5-18/h1-13H,15-16H2,(H,26,30). The topological polar surface area (TPSA) is 101 Å². The second-order valence-corrected chi connectivity index (χ2v) is 7.76. The van der Waals surface area contributed by atoms with E-state index < -0.39 is 5.69 Å². The van der Waals surface area contributed by atoms with E-state index in [1.807, 2.05) is 36.4 Å². The summed E-state index contributed by atoms with van der Waals surface area (Å²) < 4.78 is 7.20. The Labute approximate surface area is 188 Å². The van der Waals surface area contributed by atoms with Gasteiger partial charge in [0.05, 0.1) is 23.1 Å². The van der Waals surface area contributed by atoms with Crippen molar-refractivity contribution in [2.45, 2.75) is 11.8 Å². The van der Waals surface area contributed by atoms with E-state index in [1.54, 1.807) is 48.5 Å². The molecule has 1 aromatic heterocycles. The Hall–Kier alpha value is -4.09. The second kappa shape index (κ2) is 9.81. The normalized spacial score (nSPS) is 10.5. The van der Waals surface area contributed by atoms with Crippen molar-refractivity contribution in [3.8, 4) is 17.5 Å². The number of benzene rings is 3. The highest BCUT2D eigenvalue weighted by Crippen LogP contribution is 2.21. The number of rotatable bonds is 8. The third kappa shape index (κ3) is 4.96. The number of hydrogen-bond acceptors (Lipinski definition) is 6. The predicted molar refractivity (Wildman–Crippen MR) is 121 cm³/mol. The maximum Gasteiger partial charge on any atom is 0.348 e. The molecule has 0 amide bonds. The summed E-state index contributed by atoms with van der Waals surface area (Å²) in [5.74, 6) is 0.666. The van der Waals surface area contributed by atoms with Gasteiger partial charge in [0.1, 0.15) is 12.4 Å². The van der Waals surface area contributed by atoms with E-state index in [0.717, 1.165) is 17.3 Å². The summed E-state index contributed by atoms with van der Waals surface area (Å²) in [7, 11) is 0. The lowest BCUT2D eigenvalue weighted by atomic mass is 10.1. The summed E-state index contributed by atoms with van der Waals surface area (Å²) in [6.07, 6.45) is 0.